The van der Waals surface area contributed by atoms with Crippen molar-refractivity contribution in [1.29, 1.82) is 0 Å². The van der Waals surface area contributed by atoms with Gasteiger partial charge in [0.2, 0.25) is 15.9 Å². The van der Waals surface area contributed by atoms with E-state index >= 15 is 0 Å². The first-order chi connectivity index (χ1) is 13.3. The Morgan fingerprint density at radius 2 is 1.79 bits per heavy atom. The summed E-state index contributed by atoms with van der Waals surface area (Å²) >= 11 is 0. The topological polar surface area (TPSA) is 75.7 Å². The minimum atomic E-state index is -3.61. The summed E-state index contributed by atoms with van der Waals surface area (Å²) in [6.45, 7) is 4.45. The normalized spacial score (nSPS) is 17.9. The molecular formula is C21H26N2O4S. The molecule has 0 aromatic heterocycles. The Balaban J connectivity index is 1.75. The van der Waals surface area contributed by atoms with E-state index < -0.39 is 15.9 Å². The summed E-state index contributed by atoms with van der Waals surface area (Å²) in [6, 6.07) is 12.4. The molecule has 6 nitrogen and oxygen atoms in total. The molecule has 1 heterocycles. The second kappa shape index (κ2) is 8.32. The first-order valence-corrected chi connectivity index (χ1v) is 10.8. The minimum absolute atomic E-state index is 0.177. The van der Waals surface area contributed by atoms with Crippen LogP contribution in [0.3, 0.4) is 0 Å². The number of sulfonamides is 1. The molecule has 1 saturated heterocycles. The molecule has 0 saturated carbocycles. The van der Waals surface area contributed by atoms with Crippen LogP contribution in [-0.2, 0) is 14.8 Å². The Kier molecular flexibility index (Phi) is 6.05. The number of hydrogen-bond donors (Lipinski definition) is 1. The molecule has 0 bridgehead atoms. The van der Waals surface area contributed by atoms with Crippen LogP contribution in [-0.4, -0.2) is 38.8 Å². The molecule has 0 spiro atoms. The standard InChI is InChI=1S/C21H26N2O4S/c1-15-6-9-18(10-7-15)28(25,26)23-12-4-5-17(14-23)21(24)22-19-13-16(2)8-11-20(19)27-3/h6-11,13,17H,4-5,12,14H2,1-3H3,(H,22,24). The number of ether oxygens (including phenoxy) is 1. The fourth-order valence-corrected chi connectivity index (χ4v) is 4.91. The fraction of sp³-hybridized carbons (Fsp3) is 0.381. The van der Waals surface area contributed by atoms with Crippen LogP contribution in [0.4, 0.5) is 5.69 Å². The van der Waals surface area contributed by atoms with E-state index in [1.54, 1.807) is 37.4 Å². The van der Waals surface area contributed by atoms with Crippen molar-refractivity contribution in [1.82, 2.24) is 4.31 Å². The smallest absolute Gasteiger partial charge is 0.243 e. The summed E-state index contributed by atoms with van der Waals surface area (Å²) in [5, 5.41) is 2.91. The molecule has 1 aliphatic rings. The Hall–Kier alpha value is -2.38. The number of anilines is 1. The third-order valence-electron chi connectivity index (χ3n) is 5.03. The van der Waals surface area contributed by atoms with E-state index in [-0.39, 0.29) is 17.3 Å². The number of piperidine rings is 1. The average Bonchev–Trinajstić information content (AvgIpc) is 2.68. The van der Waals surface area contributed by atoms with E-state index in [1.165, 1.54) is 4.31 Å². The van der Waals surface area contributed by atoms with E-state index in [0.29, 0.717) is 30.8 Å². The molecule has 2 aromatic carbocycles. The van der Waals surface area contributed by atoms with Gasteiger partial charge in [-0.05, 0) is 56.5 Å². The number of nitrogens with zero attached hydrogens (tertiary/aromatic N) is 1. The number of amides is 1. The van der Waals surface area contributed by atoms with E-state index in [9.17, 15) is 13.2 Å². The first-order valence-electron chi connectivity index (χ1n) is 9.33. The highest BCUT2D eigenvalue weighted by atomic mass is 32.2. The molecule has 1 atom stereocenters. The molecule has 0 aliphatic carbocycles. The van der Waals surface area contributed by atoms with Crippen molar-refractivity contribution in [3.8, 4) is 5.75 Å². The van der Waals surface area contributed by atoms with Crippen molar-refractivity contribution in [2.75, 3.05) is 25.5 Å². The molecule has 2 aromatic rings. The third kappa shape index (κ3) is 4.36. The highest BCUT2D eigenvalue weighted by Gasteiger charge is 2.33. The number of carbonyl (C=O) groups is 1. The van der Waals surface area contributed by atoms with Gasteiger partial charge in [-0.15, -0.1) is 0 Å². The van der Waals surface area contributed by atoms with Crippen molar-refractivity contribution in [2.24, 2.45) is 5.92 Å². The van der Waals surface area contributed by atoms with Crippen LogP contribution in [0.1, 0.15) is 24.0 Å². The van der Waals surface area contributed by atoms with Gasteiger partial charge in [0.05, 0.1) is 23.6 Å². The molecular weight excluding hydrogens is 376 g/mol. The van der Waals surface area contributed by atoms with Crippen LogP contribution in [0.15, 0.2) is 47.4 Å². The fourth-order valence-electron chi connectivity index (χ4n) is 3.39. The molecule has 1 N–H and O–H groups in total. The number of hydrogen-bond acceptors (Lipinski definition) is 4. The summed E-state index contributed by atoms with van der Waals surface area (Å²) in [5.41, 5.74) is 2.61. The van der Waals surface area contributed by atoms with Crippen LogP contribution >= 0.6 is 0 Å². The lowest BCUT2D eigenvalue weighted by Gasteiger charge is -2.31. The predicted molar refractivity (Wildman–Crippen MR) is 109 cm³/mol. The van der Waals surface area contributed by atoms with Crippen LogP contribution in [0.2, 0.25) is 0 Å². The van der Waals surface area contributed by atoms with Crippen molar-refractivity contribution in [2.45, 2.75) is 31.6 Å². The van der Waals surface area contributed by atoms with Crippen LogP contribution in [0.25, 0.3) is 0 Å². The van der Waals surface area contributed by atoms with Crippen molar-refractivity contribution in [3.63, 3.8) is 0 Å². The van der Waals surface area contributed by atoms with Gasteiger partial charge in [-0.25, -0.2) is 8.42 Å². The molecule has 1 unspecified atom stereocenters. The van der Waals surface area contributed by atoms with E-state index in [0.717, 1.165) is 11.1 Å². The molecule has 0 radical (unpaired) electrons. The van der Waals surface area contributed by atoms with Gasteiger partial charge in [0.1, 0.15) is 5.75 Å². The monoisotopic (exact) mass is 402 g/mol. The highest BCUT2D eigenvalue weighted by Crippen LogP contribution is 2.28. The van der Waals surface area contributed by atoms with Gasteiger partial charge in [-0.2, -0.15) is 4.31 Å². The van der Waals surface area contributed by atoms with E-state index in [1.807, 2.05) is 26.0 Å². The van der Waals surface area contributed by atoms with Crippen molar-refractivity contribution < 1.29 is 17.9 Å². The summed E-state index contributed by atoms with van der Waals surface area (Å²) in [7, 11) is -2.06. The lowest BCUT2D eigenvalue weighted by Crippen LogP contribution is -2.43. The van der Waals surface area contributed by atoms with Crippen molar-refractivity contribution >= 4 is 21.6 Å². The molecule has 1 fully saturated rings. The Morgan fingerprint density at radius 1 is 1.11 bits per heavy atom. The van der Waals surface area contributed by atoms with Gasteiger partial charge in [0.15, 0.2) is 0 Å². The Bertz CT molecular complexity index is 955. The van der Waals surface area contributed by atoms with Gasteiger partial charge >= 0.3 is 0 Å². The van der Waals surface area contributed by atoms with Gasteiger partial charge in [0.25, 0.3) is 0 Å². The third-order valence-corrected chi connectivity index (χ3v) is 6.91. The summed E-state index contributed by atoms with van der Waals surface area (Å²) in [5.74, 6) is -0.00853. The zero-order valence-electron chi connectivity index (χ0n) is 16.4. The Labute approximate surface area is 166 Å². The quantitative estimate of drug-likeness (QED) is 0.832. The number of aryl methyl sites for hydroxylation is 2. The number of benzene rings is 2. The van der Waals surface area contributed by atoms with Gasteiger partial charge < -0.3 is 10.1 Å². The van der Waals surface area contributed by atoms with Gasteiger partial charge in [-0.3, -0.25) is 4.79 Å². The number of methoxy groups -OCH3 is 1. The first kappa shape index (κ1) is 20.4. The van der Waals surface area contributed by atoms with Crippen LogP contribution in [0.5, 0.6) is 5.75 Å². The largest absolute Gasteiger partial charge is 0.495 e. The molecule has 1 amide bonds. The number of nitrogens with one attached hydrogen (secondary N) is 1. The van der Waals surface area contributed by atoms with Gasteiger partial charge in [0, 0.05) is 13.1 Å². The van der Waals surface area contributed by atoms with Gasteiger partial charge in [-0.1, -0.05) is 23.8 Å². The average molecular weight is 403 g/mol. The second-order valence-corrected chi connectivity index (χ2v) is 9.15. The summed E-state index contributed by atoms with van der Waals surface area (Å²) in [6.07, 6.45) is 1.30. The highest BCUT2D eigenvalue weighted by molar-refractivity contribution is 7.89. The second-order valence-electron chi connectivity index (χ2n) is 7.21. The number of carbonyl (C=O) groups excluding carboxylic acids is 1. The van der Waals surface area contributed by atoms with E-state index in [2.05, 4.69) is 5.32 Å². The molecule has 1 aliphatic heterocycles. The number of rotatable bonds is 5. The summed E-state index contributed by atoms with van der Waals surface area (Å²) in [4.78, 5) is 13.1. The predicted octanol–water partition coefficient (Wildman–Crippen LogP) is 3.35. The SMILES string of the molecule is COc1ccc(C)cc1NC(=O)C1CCCN(S(=O)(=O)c2ccc(C)cc2)C1. The van der Waals surface area contributed by atoms with E-state index in [4.69, 9.17) is 4.74 Å². The maximum atomic E-state index is 12.9. The summed E-state index contributed by atoms with van der Waals surface area (Å²) < 4.78 is 32.6. The lowest BCUT2D eigenvalue weighted by molar-refractivity contribution is -0.120. The molecule has 28 heavy (non-hydrogen) atoms. The molecule has 3 rings (SSSR count). The van der Waals surface area contributed by atoms with Crippen molar-refractivity contribution in [3.05, 3.63) is 53.6 Å². The maximum Gasteiger partial charge on any atom is 0.243 e. The maximum absolute atomic E-state index is 12.9. The zero-order valence-corrected chi connectivity index (χ0v) is 17.3. The lowest BCUT2D eigenvalue weighted by atomic mass is 9.98. The molecule has 7 heteroatoms. The molecule has 150 valence electrons. The minimum Gasteiger partial charge on any atom is -0.495 e. The van der Waals surface area contributed by atoms with Crippen LogP contribution < -0.4 is 10.1 Å². The van der Waals surface area contributed by atoms with Crippen LogP contribution in [0, 0.1) is 19.8 Å². The zero-order chi connectivity index (χ0) is 20.3. The Morgan fingerprint density at radius 3 is 2.46 bits per heavy atom.